The molecule has 1 saturated heterocycles. The Morgan fingerprint density at radius 2 is 2.15 bits per heavy atom. The first kappa shape index (κ1) is 14.9. The first-order chi connectivity index (χ1) is 9.48. The number of rotatable bonds is 3. The molecule has 1 aliphatic rings. The molecule has 0 saturated carbocycles. The number of hydrogen-bond donors (Lipinski definition) is 1. The van der Waals surface area contributed by atoms with Crippen LogP contribution in [0.1, 0.15) is 41.4 Å². The third-order valence-corrected chi connectivity index (χ3v) is 4.93. The minimum atomic E-state index is -0.944. The molecule has 108 valence electrons. The average molecular weight is 293 g/mol. The molecule has 1 aliphatic heterocycles. The summed E-state index contributed by atoms with van der Waals surface area (Å²) >= 11 is 1.58. The molecule has 1 aromatic heterocycles. The van der Waals surface area contributed by atoms with E-state index in [9.17, 15) is 10.1 Å². The molecule has 1 unspecified atom stereocenters. The van der Waals surface area contributed by atoms with Gasteiger partial charge >= 0.3 is 0 Å². The van der Waals surface area contributed by atoms with Crippen molar-refractivity contribution in [3.05, 3.63) is 15.6 Å². The number of nitriles is 1. The molecular weight excluding hydrogens is 274 g/mol. The summed E-state index contributed by atoms with van der Waals surface area (Å²) in [5, 5.41) is 13.3. The highest BCUT2D eigenvalue weighted by Gasteiger charge is 2.41. The van der Waals surface area contributed by atoms with E-state index in [1.54, 1.807) is 11.3 Å². The summed E-state index contributed by atoms with van der Waals surface area (Å²) in [6.07, 6.45) is 0.922. The molecule has 1 aromatic rings. The molecule has 2 heterocycles. The Labute approximate surface area is 123 Å². The van der Waals surface area contributed by atoms with Crippen LogP contribution in [0.15, 0.2) is 0 Å². The van der Waals surface area contributed by atoms with Crippen molar-refractivity contribution in [2.24, 2.45) is 5.41 Å². The van der Waals surface area contributed by atoms with E-state index in [0.717, 1.165) is 15.6 Å². The molecule has 1 fully saturated rings. The summed E-state index contributed by atoms with van der Waals surface area (Å²) in [5.41, 5.74) is -0.00144. The Balaban J connectivity index is 2.11. The second-order valence-electron chi connectivity index (χ2n) is 5.18. The third kappa shape index (κ3) is 2.84. The summed E-state index contributed by atoms with van der Waals surface area (Å²) in [6.45, 7) is 6.76. The highest BCUT2D eigenvalue weighted by molar-refractivity contribution is 7.11. The van der Waals surface area contributed by atoms with Gasteiger partial charge in [0, 0.05) is 18.1 Å². The monoisotopic (exact) mass is 293 g/mol. The highest BCUT2D eigenvalue weighted by atomic mass is 32.1. The number of carbonyl (C=O) groups is 1. The quantitative estimate of drug-likeness (QED) is 0.927. The predicted octanol–water partition coefficient (Wildman–Crippen LogP) is 2.26. The molecule has 0 aliphatic carbocycles. The normalized spacial score (nSPS) is 19.1. The Morgan fingerprint density at radius 1 is 1.50 bits per heavy atom. The summed E-state index contributed by atoms with van der Waals surface area (Å²) in [7, 11) is 0. The number of hydrogen-bond acceptors (Lipinski definition) is 5. The lowest BCUT2D eigenvalue weighted by molar-refractivity contribution is -0.133. The smallest absolute Gasteiger partial charge is 0.241 e. The van der Waals surface area contributed by atoms with E-state index < -0.39 is 5.41 Å². The molecule has 0 aromatic carbocycles. The standard InChI is InChI=1S/C14H19N3O2S/c1-9-12(20-11(3)16-9)10(2)17-13(18)14(8-15)4-6-19-7-5-14/h10H,4-7H2,1-3H3,(H,17,18). The zero-order valence-corrected chi connectivity index (χ0v) is 12.8. The molecule has 1 atom stereocenters. The summed E-state index contributed by atoms with van der Waals surface area (Å²) in [5.74, 6) is -0.193. The molecule has 1 N–H and O–H groups in total. The highest BCUT2D eigenvalue weighted by Crippen LogP contribution is 2.32. The second-order valence-corrected chi connectivity index (χ2v) is 6.42. The summed E-state index contributed by atoms with van der Waals surface area (Å²) < 4.78 is 5.25. The van der Waals surface area contributed by atoms with Crippen LogP contribution in [0.4, 0.5) is 0 Å². The molecule has 20 heavy (non-hydrogen) atoms. The Bertz CT molecular complexity index is 541. The molecule has 0 radical (unpaired) electrons. The van der Waals surface area contributed by atoms with Crippen LogP contribution in [-0.4, -0.2) is 24.1 Å². The van der Waals surface area contributed by atoms with Gasteiger partial charge in [0.25, 0.3) is 0 Å². The van der Waals surface area contributed by atoms with Crippen molar-refractivity contribution in [1.29, 1.82) is 5.26 Å². The van der Waals surface area contributed by atoms with Gasteiger partial charge in [-0.1, -0.05) is 0 Å². The van der Waals surface area contributed by atoms with Gasteiger partial charge < -0.3 is 10.1 Å². The number of nitrogens with zero attached hydrogens (tertiary/aromatic N) is 2. The van der Waals surface area contributed by atoms with Gasteiger partial charge in [0.1, 0.15) is 5.41 Å². The van der Waals surface area contributed by atoms with Gasteiger partial charge in [0.05, 0.1) is 22.8 Å². The number of thiazole rings is 1. The lowest BCUT2D eigenvalue weighted by Crippen LogP contribution is -2.44. The van der Waals surface area contributed by atoms with Crippen LogP contribution in [0, 0.1) is 30.6 Å². The van der Waals surface area contributed by atoms with Gasteiger partial charge in [0.2, 0.25) is 5.91 Å². The van der Waals surface area contributed by atoms with Crippen molar-refractivity contribution in [3.8, 4) is 6.07 Å². The van der Waals surface area contributed by atoms with E-state index >= 15 is 0 Å². The van der Waals surface area contributed by atoms with E-state index in [1.165, 1.54) is 0 Å². The number of carbonyl (C=O) groups excluding carboxylic acids is 1. The number of amides is 1. The zero-order chi connectivity index (χ0) is 14.8. The van der Waals surface area contributed by atoms with Crippen LogP contribution >= 0.6 is 11.3 Å². The maximum Gasteiger partial charge on any atom is 0.241 e. The minimum Gasteiger partial charge on any atom is -0.381 e. The number of aromatic nitrogens is 1. The van der Waals surface area contributed by atoms with Crippen molar-refractivity contribution in [2.75, 3.05) is 13.2 Å². The van der Waals surface area contributed by atoms with Gasteiger partial charge in [-0.2, -0.15) is 5.26 Å². The fourth-order valence-corrected chi connectivity index (χ4v) is 3.39. The number of nitrogens with one attached hydrogen (secondary N) is 1. The van der Waals surface area contributed by atoms with Gasteiger partial charge in [0.15, 0.2) is 0 Å². The van der Waals surface area contributed by atoms with Gasteiger partial charge in [-0.3, -0.25) is 4.79 Å². The second kappa shape index (κ2) is 5.90. The number of aryl methyl sites for hydroxylation is 2. The lowest BCUT2D eigenvalue weighted by atomic mass is 9.80. The first-order valence-electron chi connectivity index (χ1n) is 6.72. The van der Waals surface area contributed by atoms with Crippen molar-refractivity contribution < 1.29 is 9.53 Å². The Morgan fingerprint density at radius 3 is 2.65 bits per heavy atom. The average Bonchev–Trinajstić information content (AvgIpc) is 2.78. The largest absolute Gasteiger partial charge is 0.381 e. The van der Waals surface area contributed by atoms with Crippen molar-refractivity contribution in [2.45, 2.75) is 39.7 Å². The third-order valence-electron chi connectivity index (χ3n) is 3.68. The Hall–Kier alpha value is -1.45. The topological polar surface area (TPSA) is 75.0 Å². The van der Waals surface area contributed by atoms with Crippen LogP contribution in [0.5, 0.6) is 0 Å². The van der Waals surface area contributed by atoms with Crippen molar-refractivity contribution in [3.63, 3.8) is 0 Å². The maximum atomic E-state index is 12.4. The van der Waals surface area contributed by atoms with Gasteiger partial charge in [-0.05, 0) is 33.6 Å². The van der Waals surface area contributed by atoms with E-state index in [-0.39, 0.29) is 11.9 Å². The predicted molar refractivity (Wildman–Crippen MR) is 76.2 cm³/mol. The minimum absolute atomic E-state index is 0.123. The fourth-order valence-electron chi connectivity index (χ4n) is 2.46. The first-order valence-corrected chi connectivity index (χ1v) is 7.54. The van der Waals surface area contributed by atoms with Crippen LogP contribution in [0.3, 0.4) is 0 Å². The van der Waals surface area contributed by atoms with E-state index in [1.807, 2.05) is 20.8 Å². The maximum absolute atomic E-state index is 12.4. The van der Waals surface area contributed by atoms with E-state index in [0.29, 0.717) is 26.1 Å². The molecule has 1 amide bonds. The molecule has 0 spiro atoms. The van der Waals surface area contributed by atoms with Crippen LogP contribution in [-0.2, 0) is 9.53 Å². The van der Waals surface area contributed by atoms with Crippen LogP contribution < -0.4 is 5.32 Å². The molecule has 6 heteroatoms. The van der Waals surface area contributed by atoms with Gasteiger partial charge in [-0.15, -0.1) is 11.3 Å². The molecule has 0 bridgehead atoms. The summed E-state index contributed by atoms with van der Waals surface area (Å²) in [4.78, 5) is 17.9. The van der Waals surface area contributed by atoms with Crippen molar-refractivity contribution >= 4 is 17.2 Å². The van der Waals surface area contributed by atoms with E-state index in [4.69, 9.17) is 4.74 Å². The summed E-state index contributed by atoms with van der Waals surface area (Å²) in [6, 6.07) is 2.07. The number of ether oxygens (including phenoxy) is 1. The SMILES string of the molecule is Cc1nc(C)c(C(C)NC(=O)C2(C#N)CCOCC2)s1. The lowest BCUT2D eigenvalue weighted by Gasteiger charge is -2.30. The zero-order valence-electron chi connectivity index (χ0n) is 12.0. The van der Waals surface area contributed by atoms with Crippen LogP contribution in [0.25, 0.3) is 0 Å². The van der Waals surface area contributed by atoms with E-state index in [2.05, 4.69) is 16.4 Å². The van der Waals surface area contributed by atoms with Gasteiger partial charge in [-0.25, -0.2) is 4.98 Å². The molecule has 2 rings (SSSR count). The molecular formula is C14H19N3O2S. The Kier molecular flexibility index (Phi) is 4.41. The van der Waals surface area contributed by atoms with Crippen LogP contribution in [0.2, 0.25) is 0 Å². The fraction of sp³-hybridized carbons (Fsp3) is 0.643. The molecule has 5 nitrogen and oxygen atoms in total. The van der Waals surface area contributed by atoms with Crippen molar-refractivity contribution in [1.82, 2.24) is 10.3 Å².